The van der Waals surface area contributed by atoms with Gasteiger partial charge in [0.25, 0.3) is 0 Å². The number of anilines is 6. The first-order valence-corrected chi connectivity index (χ1v) is 43.2. The summed E-state index contributed by atoms with van der Waals surface area (Å²) in [6.45, 7) is 7.59. The number of rotatable bonds is 16. The van der Waals surface area contributed by atoms with Gasteiger partial charge in [-0.2, -0.15) is 48.1 Å². The average molecular weight is 2110 g/mol. The van der Waals surface area contributed by atoms with Crippen molar-refractivity contribution in [2.24, 2.45) is 0 Å². The van der Waals surface area contributed by atoms with Gasteiger partial charge in [-0.15, -0.1) is 0 Å². The molecule has 35 nitrogen and oxygen atoms in total. The van der Waals surface area contributed by atoms with E-state index >= 15 is 0 Å². The number of carbonyl (C=O) groups excluding carboxylic acids is 5. The third-order valence-corrected chi connectivity index (χ3v) is 21.1. The normalized spacial score (nSPS) is 10.9. The monoisotopic (exact) mass is 2110 g/mol. The van der Waals surface area contributed by atoms with Crippen molar-refractivity contribution in [3.05, 3.63) is 313 Å². The molecule has 0 bridgehead atoms. The van der Waals surface area contributed by atoms with Crippen LogP contribution in [0.1, 0.15) is 33.3 Å². The van der Waals surface area contributed by atoms with Crippen LogP contribution < -0.4 is 56.7 Å². The molecule has 0 saturated heterocycles. The van der Waals surface area contributed by atoms with Crippen LogP contribution in [-0.4, -0.2) is 131 Å². The van der Waals surface area contributed by atoms with E-state index in [1.54, 1.807) is 119 Å². The highest BCUT2D eigenvalue weighted by Gasteiger charge is 2.23. The highest BCUT2D eigenvalue weighted by Crippen LogP contribution is 2.35. The molecule has 0 aliphatic carbocycles. The fourth-order valence-corrected chi connectivity index (χ4v) is 14.2. The molecular formula is C87H69Br5ClF3N26O9+2. The molecule has 8 amide bonds. The van der Waals surface area contributed by atoms with E-state index in [9.17, 15) is 47.6 Å². The Labute approximate surface area is 786 Å². The number of halogens is 9. The lowest BCUT2D eigenvalue weighted by atomic mass is 10.1. The van der Waals surface area contributed by atoms with E-state index in [-0.39, 0.29) is 48.1 Å². The van der Waals surface area contributed by atoms with Gasteiger partial charge in [0.05, 0.1) is 93.7 Å². The van der Waals surface area contributed by atoms with Crippen LogP contribution in [0.2, 0.25) is 5.02 Å². The van der Waals surface area contributed by atoms with Crippen molar-refractivity contribution in [2.75, 3.05) is 31.9 Å². The molecule has 0 aliphatic rings. The molecule has 131 heavy (non-hydrogen) atoms. The summed E-state index contributed by atoms with van der Waals surface area (Å²) in [4.78, 5) is 87.4. The second kappa shape index (κ2) is 42.3. The smallest absolute Gasteiger partial charge is 0.418 e. The number of nitrogens with zero attached hydrogens (tertiary/aromatic N) is 18. The van der Waals surface area contributed by atoms with Crippen LogP contribution in [-0.2, 0) is 11.3 Å². The van der Waals surface area contributed by atoms with Gasteiger partial charge in [-0.1, -0.05) is 96.5 Å². The van der Waals surface area contributed by atoms with Crippen molar-refractivity contribution < 1.29 is 66.5 Å². The summed E-state index contributed by atoms with van der Waals surface area (Å²) in [5.74, 6) is 0.912. The second-order valence-electron chi connectivity index (χ2n) is 28.1. The third-order valence-electron chi connectivity index (χ3n) is 18.0. The van der Waals surface area contributed by atoms with Gasteiger partial charge in [-0.25, -0.2) is 62.1 Å². The summed E-state index contributed by atoms with van der Waals surface area (Å²) in [5.41, 5.74) is 8.76. The first kappa shape index (κ1) is 92.3. The number of hydrogen-bond acceptors (Lipinski definition) is 20. The molecule has 10 N–H and O–H groups in total. The number of fused-ring (bicyclic) bond motifs is 5. The van der Waals surface area contributed by atoms with Gasteiger partial charge in [0, 0.05) is 121 Å². The number of nitrogens with one attached hydrogen (secondary N) is 8. The maximum absolute atomic E-state index is 14.2. The van der Waals surface area contributed by atoms with Crippen molar-refractivity contribution in [1.82, 2.24) is 88.6 Å². The van der Waals surface area contributed by atoms with Crippen LogP contribution in [0, 0.1) is 17.5 Å². The molecule has 44 heteroatoms. The van der Waals surface area contributed by atoms with E-state index in [2.05, 4.69) is 178 Å². The van der Waals surface area contributed by atoms with Crippen LogP contribution in [0.4, 0.5) is 71.9 Å². The zero-order valence-electron chi connectivity index (χ0n) is 68.4. The summed E-state index contributed by atoms with van der Waals surface area (Å²) in [7, 11) is 0. The van der Waals surface area contributed by atoms with E-state index in [1.807, 2.05) is 82.3 Å². The summed E-state index contributed by atoms with van der Waals surface area (Å²) in [6.07, 6.45) is 15.0. The van der Waals surface area contributed by atoms with Crippen LogP contribution >= 0.6 is 91.3 Å². The SMILES string of the molecule is CC(C)NC(=O)Nc1cc(-c2ccccc2)nc2c(Br)cnn12.CC(C)NC(=O)Nc1cc(-c2ccccc2Cl)nc2c(Br)cnn12.O=C(Nc1cc(-c2ccccc2F)nc2c(Br)cnn12)OCc1cc[n+](O)cc1.O=C(Nc1cc(-c2ccccc2F)nc2c(Br)cnn12)Oc1cccnc1.O=C(Nc1cc[n+](O)cc1)Nc1cc(-c2ccccc2F)nc2c(Br)cnn12. The van der Waals surface area contributed by atoms with Crippen LogP contribution in [0.3, 0.4) is 0 Å². The molecule has 0 fully saturated rings. The first-order valence-electron chi connectivity index (χ1n) is 38.9. The van der Waals surface area contributed by atoms with Gasteiger partial charge >= 0.3 is 30.3 Å². The molecule has 18 rings (SSSR count). The molecular weight excluding hydrogens is 2050 g/mol. The summed E-state index contributed by atoms with van der Waals surface area (Å²) < 4.78 is 65.5. The van der Waals surface area contributed by atoms with E-state index in [0.717, 1.165) is 35.2 Å². The average Bonchev–Trinajstić information content (AvgIpc) is 1.23. The predicted octanol–water partition coefficient (Wildman–Crippen LogP) is 19.4. The number of benzene rings is 5. The fourth-order valence-electron chi connectivity index (χ4n) is 12.2. The van der Waals surface area contributed by atoms with Crippen LogP contribution in [0.5, 0.6) is 5.75 Å². The lowest BCUT2D eigenvalue weighted by molar-refractivity contribution is -0.904. The Morgan fingerprint density at radius 1 is 0.397 bits per heavy atom. The minimum Gasteiger partial charge on any atom is -0.444 e. The number of amides is 8. The standard InChI is InChI=1S/C19H13BrFN5O3.C18H12BrFN6O2.C18H11BrFN5O2.C16H15BrClN5O.C16H16BrN5O/c20-14-10-22-26-17(24-19(27)29-11-12-5-7-25(28)8-6-12)9-16(23-18(14)26)13-3-1-2-4-15(13)21;19-13-10-21-26-16(24-18(27)22-11-5-7-25(28)8-6-11)9-15(23-17(13)26)12-3-1-2-4-14(12)20;19-13-10-22-25-16(24-18(26)27-11-4-3-7-21-9-11)8-15(23-17(13)25)12-5-1-2-6-14(12)20;1-9(2)20-16(24)22-14-7-13(10-5-3-4-6-12(10)18)21-15-11(17)8-19-23(14)15;1-10(2)19-16(23)21-14-8-13(11-6-4-3-5-7-11)20-15-12(17)9-18-22(14)15/h1-10H,11H2,(H-,22,23,24,27,28);1-10,28H,(H,21,23,24,27);1-10H,(H,24,26);3-9H,1-2H3,(H2,20,22,24);3-10H,1-2H3,(H2,19,21,23)/p+2. The molecule has 0 aliphatic heterocycles. The second-order valence-corrected chi connectivity index (χ2v) is 32.8. The molecule has 0 unspecified atom stereocenters. The molecule has 662 valence electrons. The summed E-state index contributed by atoms with van der Waals surface area (Å²) in [6, 6.07) is 52.5. The first-order chi connectivity index (χ1) is 63.1. The maximum atomic E-state index is 14.2. The Morgan fingerprint density at radius 2 is 0.740 bits per heavy atom. The van der Waals surface area contributed by atoms with Crippen molar-refractivity contribution in [3.8, 4) is 62.0 Å². The third kappa shape index (κ3) is 23.3. The van der Waals surface area contributed by atoms with Crippen molar-refractivity contribution in [2.45, 2.75) is 46.4 Å². The lowest BCUT2D eigenvalue weighted by Gasteiger charge is -2.13. The van der Waals surface area contributed by atoms with Gasteiger partial charge < -0.3 is 25.4 Å². The Kier molecular flexibility index (Phi) is 29.8. The van der Waals surface area contributed by atoms with Gasteiger partial charge in [0.1, 0.15) is 53.1 Å². The number of aromatic nitrogens is 18. The van der Waals surface area contributed by atoms with Crippen LogP contribution in [0.15, 0.2) is 285 Å². The van der Waals surface area contributed by atoms with Gasteiger partial charge in [0.15, 0.2) is 34.0 Å². The zero-order chi connectivity index (χ0) is 92.5. The number of hydrogen-bond donors (Lipinski definition) is 10. The minimum absolute atomic E-state index is 0.00384. The largest absolute Gasteiger partial charge is 0.444 e. The number of carbonyl (C=O) groups is 5. The van der Waals surface area contributed by atoms with Gasteiger partial charge in [0.2, 0.25) is 24.8 Å². The van der Waals surface area contributed by atoms with Crippen molar-refractivity contribution in [1.29, 1.82) is 0 Å². The Bertz CT molecular complexity index is 7230. The molecule has 0 radical (unpaired) electrons. The number of urea groups is 3. The Hall–Kier alpha value is -14.9. The highest BCUT2D eigenvalue weighted by molar-refractivity contribution is 9.11. The highest BCUT2D eigenvalue weighted by atomic mass is 79.9. The molecule has 5 aromatic carbocycles. The molecule has 13 aromatic heterocycles. The molecule has 18 aromatic rings. The summed E-state index contributed by atoms with van der Waals surface area (Å²) in [5, 5.41) is 61.8. The van der Waals surface area contributed by atoms with E-state index in [4.69, 9.17) is 21.1 Å². The van der Waals surface area contributed by atoms with E-state index < -0.39 is 35.7 Å². The Morgan fingerprint density at radius 3 is 1.13 bits per heavy atom. The van der Waals surface area contributed by atoms with Gasteiger partial charge in [-0.05, 0) is 162 Å². The Balaban J connectivity index is 0.000000132. The number of pyridine rings is 3. The van der Waals surface area contributed by atoms with E-state index in [1.165, 1.54) is 112 Å². The van der Waals surface area contributed by atoms with Crippen LogP contribution in [0.25, 0.3) is 84.5 Å². The van der Waals surface area contributed by atoms with Crippen molar-refractivity contribution >= 4 is 185 Å². The molecule has 0 atom stereocenters. The fraction of sp³-hybridized carbons (Fsp3) is 0.0805. The minimum atomic E-state index is -0.735. The molecule has 0 spiro atoms. The number of ether oxygens (including phenoxy) is 2. The topological polar surface area (TPSA) is 412 Å². The van der Waals surface area contributed by atoms with E-state index in [0.29, 0.717) is 115 Å². The lowest BCUT2D eigenvalue weighted by Crippen LogP contribution is -2.34. The predicted molar refractivity (Wildman–Crippen MR) is 498 cm³/mol. The van der Waals surface area contributed by atoms with Crippen molar-refractivity contribution in [3.63, 3.8) is 0 Å². The molecule has 0 saturated carbocycles. The zero-order valence-corrected chi connectivity index (χ0v) is 77.1. The molecule has 13 heterocycles. The maximum Gasteiger partial charge on any atom is 0.418 e. The van der Waals surface area contributed by atoms with Gasteiger partial charge in [-0.3, -0.25) is 42.0 Å². The summed E-state index contributed by atoms with van der Waals surface area (Å²) >= 11 is 23.2. The quantitative estimate of drug-likeness (QED) is 0.0317.